The number of pyridine rings is 1. The molecule has 0 aliphatic carbocycles. The number of anilines is 1. The molecule has 0 fully saturated rings. The van der Waals surface area contributed by atoms with Crippen molar-refractivity contribution in [3.63, 3.8) is 0 Å². The number of amides is 1. The first-order valence-corrected chi connectivity index (χ1v) is 7.80. The fourth-order valence-electron chi connectivity index (χ4n) is 2.61. The molecule has 5 N–H and O–H groups in total. The van der Waals surface area contributed by atoms with Crippen LogP contribution in [0.1, 0.15) is 18.5 Å². The molecule has 1 amide bonds. The summed E-state index contributed by atoms with van der Waals surface area (Å²) in [5.41, 5.74) is 1.92. The topological polar surface area (TPSA) is 87.5 Å². The summed E-state index contributed by atoms with van der Waals surface area (Å²) in [5.74, 6) is 0.462. The number of hydrogen-bond acceptors (Lipinski definition) is 3. The summed E-state index contributed by atoms with van der Waals surface area (Å²) in [4.78, 5) is 15.7. The van der Waals surface area contributed by atoms with E-state index < -0.39 is 6.04 Å². The van der Waals surface area contributed by atoms with Gasteiger partial charge in [-0.15, -0.1) is 0 Å². The Kier molecular flexibility index (Phi) is 4.43. The van der Waals surface area contributed by atoms with Gasteiger partial charge in [0.1, 0.15) is 5.75 Å². The Morgan fingerprint density at radius 2 is 2.12 bits per heavy atom. The van der Waals surface area contributed by atoms with Crippen molar-refractivity contribution in [3.05, 3.63) is 65.5 Å². The second kappa shape index (κ2) is 6.67. The Morgan fingerprint density at radius 3 is 2.83 bits per heavy atom. The highest BCUT2D eigenvalue weighted by atomic mass is 32.1. The van der Waals surface area contributed by atoms with Crippen LogP contribution < -0.4 is 20.9 Å². The van der Waals surface area contributed by atoms with Gasteiger partial charge in [0.2, 0.25) is 0 Å². The zero-order valence-corrected chi connectivity index (χ0v) is 13.8. The zero-order chi connectivity index (χ0) is 17.1. The molecule has 1 aromatic heterocycles. The lowest BCUT2D eigenvalue weighted by molar-refractivity contribution is -0.360. The van der Waals surface area contributed by atoms with Crippen LogP contribution in [0.25, 0.3) is 0 Å². The second-order valence-electron chi connectivity index (χ2n) is 5.40. The van der Waals surface area contributed by atoms with Crippen molar-refractivity contribution in [3.8, 4) is 5.75 Å². The molecule has 3 rings (SSSR count). The first-order chi connectivity index (χ1) is 11.5. The van der Waals surface area contributed by atoms with Crippen LogP contribution in [0.3, 0.4) is 0 Å². The molecular formula is C17H17N4O2S+. The largest absolute Gasteiger partial charge is 0.508 e. The number of carbonyl (C=O) groups is 1. The molecule has 1 aliphatic heterocycles. The molecule has 0 spiro atoms. The fourth-order valence-corrected chi connectivity index (χ4v) is 2.88. The third-order valence-electron chi connectivity index (χ3n) is 3.67. The van der Waals surface area contributed by atoms with Crippen LogP contribution in [0.15, 0.2) is 59.9 Å². The van der Waals surface area contributed by atoms with Gasteiger partial charge >= 0.3 is 5.91 Å². The number of H-pyrrole nitrogens is 1. The summed E-state index contributed by atoms with van der Waals surface area (Å²) in [7, 11) is 0. The minimum Gasteiger partial charge on any atom is -0.508 e. The summed E-state index contributed by atoms with van der Waals surface area (Å²) >= 11 is 5.21. The number of aromatic hydroxyl groups is 1. The fraction of sp³-hybridized carbons (Fsp3) is 0.118. The van der Waals surface area contributed by atoms with Crippen LogP contribution in [0.4, 0.5) is 5.82 Å². The molecule has 0 radical (unpaired) electrons. The van der Waals surface area contributed by atoms with Crippen molar-refractivity contribution in [2.45, 2.75) is 13.0 Å². The summed E-state index contributed by atoms with van der Waals surface area (Å²) < 4.78 is 0. The minimum atomic E-state index is -0.449. The molecule has 2 heterocycles. The lowest BCUT2D eigenvalue weighted by Gasteiger charge is -2.29. The number of benzene rings is 1. The minimum absolute atomic E-state index is 0.132. The summed E-state index contributed by atoms with van der Waals surface area (Å²) in [6, 6.07) is 11.7. The molecule has 1 aromatic carbocycles. The third kappa shape index (κ3) is 3.36. The second-order valence-corrected chi connectivity index (χ2v) is 5.80. The van der Waals surface area contributed by atoms with E-state index in [0.717, 1.165) is 5.56 Å². The summed E-state index contributed by atoms with van der Waals surface area (Å²) in [6.45, 7) is 1.80. The molecule has 122 valence electrons. The van der Waals surface area contributed by atoms with E-state index in [2.05, 4.69) is 20.9 Å². The molecule has 0 saturated carbocycles. The van der Waals surface area contributed by atoms with Crippen molar-refractivity contribution >= 4 is 29.1 Å². The van der Waals surface area contributed by atoms with Crippen molar-refractivity contribution in [2.75, 3.05) is 5.32 Å². The predicted octanol–water partition coefficient (Wildman–Crippen LogP) is 1.64. The van der Waals surface area contributed by atoms with E-state index in [9.17, 15) is 9.90 Å². The summed E-state index contributed by atoms with van der Waals surface area (Å²) in [5, 5.41) is 19.1. The normalized spacial score (nSPS) is 17.0. The van der Waals surface area contributed by atoms with Gasteiger partial charge in [-0.1, -0.05) is 18.2 Å². The molecule has 1 aliphatic rings. The average Bonchev–Trinajstić information content (AvgIpc) is 2.55. The molecule has 6 nitrogen and oxygen atoms in total. The van der Waals surface area contributed by atoms with Crippen molar-refractivity contribution in [2.24, 2.45) is 0 Å². The highest BCUT2D eigenvalue weighted by molar-refractivity contribution is 7.80. The van der Waals surface area contributed by atoms with Gasteiger partial charge < -0.3 is 15.7 Å². The molecule has 1 atom stereocenters. The SMILES string of the molecule is CC1=C(C(=O)Nc2cccc[nH+]2)C(c2cccc(O)c2)NC(=S)N1. The van der Waals surface area contributed by atoms with E-state index >= 15 is 0 Å². The van der Waals surface area contributed by atoms with E-state index in [0.29, 0.717) is 22.2 Å². The van der Waals surface area contributed by atoms with E-state index in [1.54, 1.807) is 37.4 Å². The molecule has 0 saturated heterocycles. The molecule has 2 aromatic rings. The van der Waals surface area contributed by atoms with Gasteiger partial charge in [0.15, 0.2) is 5.11 Å². The molecule has 1 unspecified atom stereocenters. The van der Waals surface area contributed by atoms with Crippen molar-refractivity contribution in [1.29, 1.82) is 0 Å². The average molecular weight is 341 g/mol. The number of carbonyl (C=O) groups excluding carboxylic acids is 1. The zero-order valence-electron chi connectivity index (χ0n) is 13.0. The van der Waals surface area contributed by atoms with Crippen LogP contribution in [-0.2, 0) is 4.79 Å². The maximum Gasteiger partial charge on any atom is 0.339 e. The monoisotopic (exact) mass is 341 g/mol. The van der Waals surface area contributed by atoms with Crippen LogP contribution >= 0.6 is 12.2 Å². The highest BCUT2D eigenvalue weighted by Crippen LogP contribution is 2.29. The number of allylic oxidation sites excluding steroid dienone is 1. The first kappa shape index (κ1) is 15.9. The van der Waals surface area contributed by atoms with Crippen molar-refractivity contribution in [1.82, 2.24) is 10.6 Å². The van der Waals surface area contributed by atoms with E-state index in [1.807, 2.05) is 18.2 Å². The van der Waals surface area contributed by atoms with E-state index in [-0.39, 0.29) is 11.7 Å². The number of phenols is 1. The number of thiocarbonyl (C=S) groups is 1. The number of aromatic nitrogens is 1. The van der Waals surface area contributed by atoms with Crippen LogP contribution in [0.2, 0.25) is 0 Å². The van der Waals surface area contributed by atoms with Crippen LogP contribution in [-0.4, -0.2) is 16.1 Å². The first-order valence-electron chi connectivity index (χ1n) is 7.40. The van der Waals surface area contributed by atoms with Gasteiger partial charge in [-0.05, 0) is 42.9 Å². The standard InChI is InChI=1S/C17H16N4O2S/c1-10-14(16(23)20-13-7-2-3-8-18-13)15(21-17(24)19-10)11-5-4-6-12(22)9-11/h2-9,15,22H,1H3,(H,18,20,23)(H2,19,21,24)/p+1. The van der Waals surface area contributed by atoms with Gasteiger partial charge in [-0.25, -0.2) is 15.1 Å². The van der Waals surface area contributed by atoms with Gasteiger partial charge in [0.05, 0.1) is 17.8 Å². The summed E-state index contributed by atoms with van der Waals surface area (Å²) in [6.07, 6.45) is 1.73. The maximum atomic E-state index is 12.8. The molecule has 0 bridgehead atoms. The number of phenolic OH excluding ortho intramolecular Hbond substituents is 1. The van der Waals surface area contributed by atoms with Gasteiger partial charge in [0, 0.05) is 11.8 Å². The van der Waals surface area contributed by atoms with Gasteiger partial charge in [0.25, 0.3) is 5.82 Å². The Bertz CT molecular complexity index is 820. The number of hydrogen-bond donors (Lipinski definition) is 4. The van der Waals surface area contributed by atoms with Gasteiger partial charge in [-0.2, -0.15) is 0 Å². The smallest absolute Gasteiger partial charge is 0.339 e. The Morgan fingerprint density at radius 1 is 1.29 bits per heavy atom. The van der Waals surface area contributed by atoms with E-state index in [1.165, 1.54) is 0 Å². The lowest BCUT2D eigenvalue weighted by Crippen LogP contribution is -2.46. The highest BCUT2D eigenvalue weighted by Gasteiger charge is 2.32. The Balaban J connectivity index is 1.96. The molecule has 7 heteroatoms. The number of nitrogens with one attached hydrogen (secondary N) is 4. The molecular weight excluding hydrogens is 324 g/mol. The third-order valence-corrected chi connectivity index (χ3v) is 3.89. The number of aromatic amines is 1. The predicted molar refractivity (Wildman–Crippen MR) is 94.0 cm³/mol. The quantitative estimate of drug-likeness (QED) is 0.638. The van der Waals surface area contributed by atoms with Gasteiger partial charge in [-0.3, -0.25) is 0 Å². The Hall–Kier alpha value is -2.93. The number of rotatable bonds is 3. The van der Waals surface area contributed by atoms with Crippen molar-refractivity contribution < 1.29 is 14.9 Å². The lowest BCUT2D eigenvalue weighted by atomic mass is 9.95. The van der Waals surface area contributed by atoms with Crippen LogP contribution in [0, 0.1) is 0 Å². The van der Waals surface area contributed by atoms with E-state index in [4.69, 9.17) is 12.2 Å². The van der Waals surface area contributed by atoms with Crippen LogP contribution in [0.5, 0.6) is 5.75 Å². The Labute approximate surface area is 144 Å². The molecule has 24 heavy (non-hydrogen) atoms. The maximum absolute atomic E-state index is 12.8.